The minimum atomic E-state index is -0.150. The van der Waals surface area contributed by atoms with Crippen LogP contribution >= 0.6 is 35.0 Å². The predicted molar refractivity (Wildman–Crippen MR) is 75.5 cm³/mol. The van der Waals surface area contributed by atoms with Crippen LogP contribution in [0.1, 0.15) is 23.7 Å². The highest BCUT2D eigenvalue weighted by Crippen LogP contribution is 2.23. The van der Waals surface area contributed by atoms with Crippen LogP contribution < -0.4 is 5.32 Å². The van der Waals surface area contributed by atoms with Gasteiger partial charge in [-0.2, -0.15) is 0 Å². The summed E-state index contributed by atoms with van der Waals surface area (Å²) in [6.45, 7) is 1.92. The van der Waals surface area contributed by atoms with Crippen molar-refractivity contribution >= 4 is 40.9 Å². The fraction of sp³-hybridized carbons (Fsp3) is 0.417. The average molecular weight is 292 g/mol. The Labute approximate surface area is 116 Å². The lowest BCUT2D eigenvalue weighted by molar-refractivity contribution is 0.0939. The van der Waals surface area contributed by atoms with Gasteiger partial charge < -0.3 is 5.32 Å². The summed E-state index contributed by atoms with van der Waals surface area (Å²) >= 11 is 13.2. The normalized spacial score (nSPS) is 12.2. The van der Waals surface area contributed by atoms with Crippen molar-refractivity contribution < 1.29 is 4.79 Å². The zero-order valence-electron chi connectivity index (χ0n) is 9.80. The minimum absolute atomic E-state index is 0.0500. The highest BCUT2D eigenvalue weighted by molar-refractivity contribution is 7.98. The van der Waals surface area contributed by atoms with Crippen molar-refractivity contribution in [2.24, 2.45) is 0 Å². The Bertz CT molecular complexity index is 398. The number of nitrogens with one attached hydrogen (secondary N) is 1. The number of carbonyl (C=O) groups excluding carboxylic acids is 1. The Morgan fingerprint density at radius 1 is 1.53 bits per heavy atom. The van der Waals surface area contributed by atoms with Gasteiger partial charge in [0.2, 0.25) is 0 Å². The number of alkyl halides is 1. The molecule has 17 heavy (non-hydrogen) atoms. The van der Waals surface area contributed by atoms with E-state index < -0.39 is 0 Å². The van der Waals surface area contributed by atoms with Crippen LogP contribution in [0.4, 0.5) is 0 Å². The van der Waals surface area contributed by atoms with Crippen molar-refractivity contribution in [1.29, 1.82) is 0 Å². The number of hydrogen-bond acceptors (Lipinski definition) is 2. The molecule has 0 saturated carbocycles. The topological polar surface area (TPSA) is 29.1 Å². The van der Waals surface area contributed by atoms with Crippen molar-refractivity contribution in [3.63, 3.8) is 0 Å². The molecule has 94 valence electrons. The van der Waals surface area contributed by atoms with Crippen molar-refractivity contribution in [3.8, 4) is 0 Å². The first-order valence-corrected chi connectivity index (χ1v) is 7.42. The molecule has 1 aromatic rings. The first kappa shape index (κ1) is 14.7. The van der Waals surface area contributed by atoms with Crippen molar-refractivity contribution in [2.45, 2.75) is 24.3 Å². The van der Waals surface area contributed by atoms with E-state index >= 15 is 0 Å². The van der Waals surface area contributed by atoms with Gasteiger partial charge in [0.15, 0.2) is 0 Å². The number of thioether (sulfide) groups is 1. The van der Waals surface area contributed by atoms with Gasteiger partial charge in [-0.15, -0.1) is 23.4 Å². The molecule has 5 heteroatoms. The van der Waals surface area contributed by atoms with Crippen LogP contribution in [0.3, 0.4) is 0 Å². The Morgan fingerprint density at radius 3 is 2.82 bits per heavy atom. The van der Waals surface area contributed by atoms with Gasteiger partial charge in [-0.3, -0.25) is 4.79 Å². The molecule has 2 nitrogen and oxygen atoms in total. The number of carbonyl (C=O) groups is 1. The van der Waals surface area contributed by atoms with E-state index in [1.807, 2.05) is 19.2 Å². The second kappa shape index (κ2) is 7.14. The first-order valence-electron chi connectivity index (χ1n) is 5.29. The quantitative estimate of drug-likeness (QED) is 0.660. The van der Waals surface area contributed by atoms with E-state index in [1.54, 1.807) is 23.9 Å². The lowest BCUT2D eigenvalue weighted by Crippen LogP contribution is -2.33. The number of benzene rings is 1. The fourth-order valence-corrected chi connectivity index (χ4v) is 2.31. The van der Waals surface area contributed by atoms with E-state index in [1.165, 1.54) is 0 Å². The highest BCUT2D eigenvalue weighted by Gasteiger charge is 2.13. The Balaban J connectivity index is 2.80. The van der Waals surface area contributed by atoms with E-state index in [0.717, 1.165) is 11.3 Å². The molecule has 0 aliphatic rings. The molecule has 0 aliphatic heterocycles. The fourth-order valence-electron chi connectivity index (χ4n) is 1.34. The van der Waals surface area contributed by atoms with Crippen molar-refractivity contribution in [1.82, 2.24) is 5.32 Å². The molecule has 1 amide bonds. The van der Waals surface area contributed by atoms with Gasteiger partial charge in [0, 0.05) is 16.8 Å². The highest BCUT2D eigenvalue weighted by atomic mass is 35.5. The molecular weight excluding hydrogens is 277 g/mol. The summed E-state index contributed by atoms with van der Waals surface area (Å²) in [6.07, 6.45) is 2.70. The van der Waals surface area contributed by atoms with Crippen LogP contribution in [0.25, 0.3) is 0 Å². The van der Waals surface area contributed by atoms with Gasteiger partial charge >= 0.3 is 0 Å². The molecule has 0 radical (unpaired) electrons. The summed E-state index contributed by atoms with van der Waals surface area (Å²) in [6, 6.07) is 5.49. The maximum atomic E-state index is 12.0. The Kier molecular flexibility index (Phi) is 6.17. The standard InChI is InChI=1S/C12H15Cl2NOS/c1-8(5-6-13)15-12(16)10-7-9(17-2)3-4-11(10)14/h3-4,7-8H,5-6H2,1-2H3,(H,15,16). The Hall–Kier alpha value is -0.380. The molecule has 0 saturated heterocycles. The molecule has 1 aromatic carbocycles. The van der Waals surface area contributed by atoms with Crippen LogP contribution in [-0.2, 0) is 0 Å². The zero-order chi connectivity index (χ0) is 12.8. The van der Waals surface area contributed by atoms with Crippen molar-refractivity contribution in [2.75, 3.05) is 12.1 Å². The number of hydrogen-bond donors (Lipinski definition) is 1. The van der Waals surface area contributed by atoms with Gasteiger partial charge in [0.25, 0.3) is 5.91 Å². The van der Waals surface area contributed by atoms with Crippen LogP contribution in [-0.4, -0.2) is 24.1 Å². The molecule has 1 unspecified atom stereocenters. The van der Waals surface area contributed by atoms with E-state index in [0.29, 0.717) is 16.5 Å². The first-order chi connectivity index (χ1) is 8.08. The Morgan fingerprint density at radius 2 is 2.24 bits per heavy atom. The third-order valence-corrected chi connectivity index (χ3v) is 3.61. The summed E-state index contributed by atoms with van der Waals surface area (Å²) < 4.78 is 0. The van der Waals surface area contributed by atoms with Gasteiger partial charge in [-0.05, 0) is 37.8 Å². The van der Waals surface area contributed by atoms with Gasteiger partial charge in [-0.25, -0.2) is 0 Å². The van der Waals surface area contributed by atoms with E-state index in [9.17, 15) is 4.79 Å². The molecule has 0 spiro atoms. The molecular formula is C12H15Cl2NOS. The third-order valence-electron chi connectivity index (χ3n) is 2.34. The molecule has 0 heterocycles. The molecule has 0 bridgehead atoms. The lowest BCUT2D eigenvalue weighted by Gasteiger charge is -2.13. The summed E-state index contributed by atoms with van der Waals surface area (Å²) in [5.41, 5.74) is 0.514. The number of rotatable bonds is 5. The zero-order valence-corrected chi connectivity index (χ0v) is 12.1. The summed E-state index contributed by atoms with van der Waals surface area (Å²) in [7, 11) is 0. The van der Waals surface area contributed by atoms with Crippen LogP contribution in [0.5, 0.6) is 0 Å². The van der Waals surface area contributed by atoms with E-state index in [-0.39, 0.29) is 11.9 Å². The molecule has 1 rings (SSSR count). The van der Waals surface area contributed by atoms with Crippen LogP contribution in [0.15, 0.2) is 23.1 Å². The van der Waals surface area contributed by atoms with E-state index in [2.05, 4.69) is 5.32 Å². The molecule has 0 fully saturated rings. The molecule has 0 aliphatic carbocycles. The summed E-state index contributed by atoms with van der Waals surface area (Å²) in [5, 5.41) is 3.34. The minimum Gasteiger partial charge on any atom is -0.349 e. The second-order valence-corrected chi connectivity index (χ2v) is 5.36. The summed E-state index contributed by atoms with van der Waals surface area (Å²) in [5.74, 6) is 0.378. The monoisotopic (exact) mass is 291 g/mol. The van der Waals surface area contributed by atoms with Gasteiger partial charge in [0.05, 0.1) is 10.6 Å². The smallest absolute Gasteiger partial charge is 0.253 e. The summed E-state index contributed by atoms with van der Waals surface area (Å²) in [4.78, 5) is 13.0. The maximum Gasteiger partial charge on any atom is 0.253 e. The maximum absolute atomic E-state index is 12.0. The average Bonchev–Trinajstić information content (AvgIpc) is 2.29. The second-order valence-electron chi connectivity index (χ2n) is 3.70. The van der Waals surface area contributed by atoms with Crippen LogP contribution in [0, 0.1) is 0 Å². The molecule has 1 N–H and O–H groups in total. The van der Waals surface area contributed by atoms with Crippen LogP contribution in [0.2, 0.25) is 5.02 Å². The predicted octanol–water partition coefficient (Wildman–Crippen LogP) is 3.81. The van der Waals surface area contributed by atoms with Gasteiger partial charge in [-0.1, -0.05) is 11.6 Å². The van der Waals surface area contributed by atoms with E-state index in [4.69, 9.17) is 23.2 Å². The molecule has 1 atom stereocenters. The lowest BCUT2D eigenvalue weighted by atomic mass is 10.2. The number of amides is 1. The SMILES string of the molecule is CSc1ccc(Cl)c(C(=O)NC(C)CCCl)c1. The number of halogens is 2. The largest absolute Gasteiger partial charge is 0.349 e. The van der Waals surface area contributed by atoms with Crippen molar-refractivity contribution in [3.05, 3.63) is 28.8 Å². The third kappa shape index (κ3) is 4.41. The molecule has 0 aromatic heterocycles. The van der Waals surface area contributed by atoms with Gasteiger partial charge in [0.1, 0.15) is 0 Å².